The molecule has 1 unspecified atom stereocenters. The highest BCUT2D eigenvalue weighted by atomic mass is 79.9. The van der Waals surface area contributed by atoms with E-state index in [0.717, 1.165) is 18.2 Å². The first kappa shape index (κ1) is 14.1. The quantitative estimate of drug-likeness (QED) is 0.851. The lowest BCUT2D eigenvalue weighted by Crippen LogP contribution is -2.32. The number of hydrogen-bond acceptors (Lipinski definition) is 1. The van der Waals surface area contributed by atoms with Crippen molar-refractivity contribution in [2.45, 2.75) is 18.7 Å². The van der Waals surface area contributed by atoms with E-state index in [0.29, 0.717) is 12.5 Å². The standard InChI is InChI=1S/C12H14BrF2NO/c1-7(2)10(13)6-16-12(17)9-5-8(14)3-4-11(9)15/h3-5,7,10H,6H2,1-2H3,(H,16,17). The van der Waals surface area contributed by atoms with Crippen molar-refractivity contribution in [1.29, 1.82) is 0 Å². The Morgan fingerprint density at radius 3 is 2.65 bits per heavy atom. The van der Waals surface area contributed by atoms with Crippen LogP contribution in [0.5, 0.6) is 0 Å². The Bertz CT molecular complexity index is 409. The number of halogens is 3. The van der Waals surface area contributed by atoms with Gasteiger partial charge in [-0.05, 0) is 24.1 Å². The normalized spacial score (nSPS) is 12.6. The summed E-state index contributed by atoms with van der Waals surface area (Å²) in [4.78, 5) is 11.7. The topological polar surface area (TPSA) is 29.1 Å². The summed E-state index contributed by atoms with van der Waals surface area (Å²) >= 11 is 3.39. The number of rotatable bonds is 4. The molecule has 0 saturated carbocycles. The molecule has 1 atom stereocenters. The van der Waals surface area contributed by atoms with Gasteiger partial charge in [0.1, 0.15) is 11.6 Å². The summed E-state index contributed by atoms with van der Waals surface area (Å²) in [6.07, 6.45) is 0. The molecule has 0 aliphatic rings. The smallest absolute Gasteiger partial charge is 0.254 e. The maximum Gasteiger partial charge on any atom is 0.254 e. The zero-order chi connectivity index (χ0) is 13.0. The fourth-order valence-corrected chi connectivity index (χ4v) is 1.35. The van der Waals surface area contributed by atoms with Crippen LogP contribution in [0.4, 0.5) is 8.78 Å². The van der Waals surface area contributed by atoms with E-state index < -0.39 is 17.5 Å². The van der Waals surface area contributed by atoms with Gasteiger partial charge in [-0.15, -0.1) is 0 Å². The minimum atomic E-state index is -0.723. The first-order chi connectivity index (χ1) is 7.91. The minimum absolute atomic E-state index is 0.100. The molecule has 0 radical (unpaired) electrons. The van der Waals surface area contributed by atoms with E-state index in [2.05, 4.69) is 21.2 Å². The van der Waals surface area contributed by atoms with Crippen molar-refractivity contribution in [2.24, 2.45) is 5.92 Å². The van der Waals surface area contributed by atoms with Gasteiger partial charge in [-0.2, -0.15) is 0 Å². The summed E-state index contributed by atoms with van der Waals surface area (Å²) < 4.78 is 26.1. The highest BCUT2D eigenvalue weighted by Crippen LogP contribution is 2.12. The fourth-order valence-electron chi connectivity index (χ4n) is 1.19. The van der Waals surface area contributed by atoms with Crippen LogP contribution in [0, 0.1) is 17.6 Å². The molecule has 1 aromatic carbocycles. The minimum Gasteiger partial charge on any atom is -0.351 e. The van der Waals surface area contributed by atoms with E-state index in [1.165, 1.54) is 0 Å². The van der Waals surface area contributed by atoms with Crippen LogP contribution in [-0.4, -0.2) is 17.3 Å². The zero-order valence-electron chi connectivity index (χ0n) is 9.64. The van der Waals surface area contributed by atoms with Crippen LogP contribution in [0.1, 0.15) is 24.2 Å². The summed E-state index contributed by atoms with van der Waals surface area (Å²) in [6.45, 7) is 4.36. The predicted molar refractivity (Wildman–Crippen MR) is 66.2 cm³/mol. The molecule has 0 saturated heterocycles. The van der Waals surface area contributed by atoms with Crippen molar-refractivity contribution < 1.29 is 13.6 Å². The number of benzene rings is 1. The summed E-state index contributed by atoms with van der Waals surface area (Å²) in [5, 5.41) is 2.56. The summed E-state index contributed by atoms with van der Waals surface area (Å²) in [7, 11) is 0. The van der Waals surface area contributed by atoms with Gasteiger partial charge in [0.25, 0.3) is 5.91 Å². The van der Waals surface area contributed by atoms with Crippen molar-refractivity contribution in [3.63, 3.8) is 0 Å². The van der Waals surface area contributed by atoms with Gasteiger partial charge in [-0.3, -0.25) is 4.79 Å². The monoisotopic (exact) mass is 305 g/mol. The Labute approximate surface area is 108 Å². The van der Waals surface area contributed by atoms with Crippen LogP contribution in [0.15, 0.2) is 18.2 Å². The second-order valence-corrected chi connectivity index (χ2v) is 5.27. The van der Waals surface area contributed by atoms with Crippen LogP contribution in [0.3, 0.4) is 0 Å². The van der Waals surface area contributed by atoms with Crippen LogP contribution < -0.4 is 5.32 Å². The predicted octanol–water partition coefficient (Wildman–Crippen LogP) is 3.11. The Hall–Kier alpha value is -0.970. The second kappa shape index (κ2) is 6.10. The molecule has 0 aromatic heterocycles. The molecule has 17 heavy (non-hydrogen) atoms. The SMILES string of the molecule is CC(C)C(Br)CNC(=O)c1cc(F)ccc1F. The van der Waals surface area contributed by atoms with Gasteiger partial charge in [-0.1, -0.05) is 29.8 Å². The lowest BCUT2D eigenvalue weighted by Gasteiger charge is -2.14. The molecule has 0 bridgehead atoms. The van der Waals surface area contributed by atoms with Crippen molar-refractivity contribution in [3.05, 3.63) is 35.4 Å². The lowest BCUT2D eigenvalue weighted by molar-refractivity contribution is 0.0948. The molecule has 2 nitrogen and oxygen atoms in total. The fraction of sp³-hybridized carbons (Fsp3) is 0.417. The molecule has 0 aliphatic heterocycles. The molecule has 0 aliphatic carbocycles. The first-order valence-electron chi connectivity index (χ1n) is 5.29. The second-order valence-electron chi connectivity index (χ2n) is 4.09. The maximum atomic E-state index is 13.3. The summed E-state index contributed by atoms with van der Waals surface area (Å²) in [5.41, 5.74) is -0.270. The summed E-state index contributed by atoms with van der Waals surface area (Å²) in [6, 6.07) is 2.81. The van der Waals surface area contributed by atoms with Gasteiger partial charge in [0.05, 0.1) is 5.56 Å². The van der Waals surface area contributed by atoms with E-state index in [-0.39, 0.29) is 10.4 Å². The van der Waals surface area contributed by atoms with Gasteiger partial charge in [0.2, 0.25) is 0 Å². The average molecular weight is 306 g/mol. The van der Waals surface area contributed by atoms with Gasteiger partial charge in [0.15, 0.2) is 0 Å². The molecule has 5 heteroatoms. The van der Waals surface area contributed by atoms with Crippen molar-refractivity contribution in [1.82, 2.24) is 5.32 Å². The molecule has 1 aromatic rings. The molecule has 1 rings (SSSR count). The number of hydrogen-bond donors (Lipinski definition) is 1. The molecule has 1 amide bonds. The number of carbonyl (C=O) groups is 1. The number of nitrogens with one attached hydrogen (secondary N) is 1. The Kier molecular flexibility index (Phi) is 5.05. The van der Waals surface area contributed by atoms with Gasteiger partial charge >= 0.3 is 0 Å². The number of alkyl halides is 1. The largest absolute Gasteiger partial charge is 0.351 e. The average Bonchev–Trinajstić information content (AvgIpc) is 2.28. The molecule has 0 fully saturated rings. The molecule has 1 N–H and O–H groups in total. The molecule has 0 spiro atoms. The van der Waals surface area contributed by atoms with E-state index in [4.69, 9.17) is 0 Å². The Morgan fingerprint density at radius 2 is 2.06 bits per heavy atom. The molecular formula is C12H14BrF2NO. The summed E-state index contributed by atoms with van der Waals surface area (Å²) in [5.74, 6) is -1.62. The van der Waals surface area contributed by atoms with Crippen molar-refractivity contribution in [3.8, 4) is 0 Å². The molecular weight excluding hydrogens is 292 g/mol. The third-order valence-corrected chi connectivity index (χ3v) is 3.74. The number of carbonyl (C=O) groups excluding carboxylic acids is 1. The first-order valence-corrected chi connectivity index (χ1v) is 6.20. The van der Waals surface area contributed by atoms with Gasteiger partial charge in [-0.25, -0.2) is 8.78 Å². The number of amides is 1. The van der Waals surface area contributed by atoms with E-state index in [1.807, 2.05) is 13.8 Å². The Balaban J connectivity index is 2.67. The van der Waals surface area contributed by atoms with Crippen LogP contribution in [0.2, 0.25) is 0 Å². The molecule has 94 valence electrons. The highest BCUT2D eigenvalue weighted by Gasteiger charge is 2.15. The van der Waals surface area contributed by atoms with E-state index in [9.17, 15) is 13.6 Å². The van der Waals surface area contributed by atoms with Gasteiger partial charge in [0, 0.05) is 11.4 Å². The maximum absolute atomic E-state index is 13.3. The third kappa shape index (κ3) is 4.07. The van der Waals surface area contributed by atoms with Crippen molar-refractivity contribution in [2.75, 3.05) is 6.54 Å². The highest BCUT2D eigenvalue weighted by molar-refractivity contribution is 9.09. The van der Waals surface area contributed by atoms with Crippen LogP contribution in [-0.2, 0) is 0 Å². The lowest BCUT2D eigenvalue weighted by atomic mass is 10.1. The van der Waals surface area contributed by atoms with E-state index >= 15 is 0 Å². The van der Waals surface area contributed by atoms with Crippen molar-refractivity contribution >= 4 is 21.8 Å². The zero-order valence-corrected chi connectivity index (χ0v) is 11.2. The Morgan fingerprint density at radius 1 is 1.41 bits per heavy atom. The van der Waals surface area contributed by atoms with Gasteiger partial charge < -0.3 is 5.32 Å². The van der Waals surface area contributed by atoms with E-state index in [1.54, 1.807) is 0 Å². The van der Waals surface area contributed by atoms with Crippen LogP contribution >= 0.6 is 15.9 Å². The van der Waals surface area contributed by atoms with Crippen LogP contribution in [0.25, 0.3) is 0 Å². The third-order valence-electron chi connectivity index (χ3n) is 2.35. The molecule has 0 heterocycles.